The lowest BCUT2D eigenvalue weighted by Gasteiger charge is -2.30. The van der Waals surface area contributed by atoms with Gasteiger partial charge in [-0.25, -0.2) is 0 Å². The summed E-state index contributed by atoms with van der Waals surface area (Å²) in [6.07, 6.45) is 0.753. The highest BCUT2D eigenvalue weighted by molar-refractivity contribution is 9.10. The summed E-state index contributed by atoms with van der Waals surface area (Å²) in [4.78, 5) is 12.1. The van der Waals surface area contributed by atoms with E-state index in [9.17, 15) is 4.79 Å². The van der Waals surface area contributed by atoms with Gasteiger partial charge in [-0.05, 0) is 11.5 Å². The number of alkyl halides is 1. The van der Waals surface area contributed by atoms with Gasteiger partial charge in [0, 0.05) is 12.0 Å². The lowest BCUT2D eigenvalue weighted by Crippen LogP contribution is -2.41. The van der Waals surface area contributed by atoms with Gasteiger partial charge in [-0.1, -0.05) is 60.4 Å². The molecule has 0 fully saturated rings. The molecule has 110 valence electrons. The quantitative estimate of drug-likeness (QED) is 0.807. The van der Waals surface area contributed by atoms with Crippen molar-refractivity contribution in [1.82, 2.24) is 5.32 Å². The smallest absolute Gasteiger partial charge is 0.234 e. The van der Waals surface area contributed by atoms with E-state index in [2.05, 4.69) is 21.2 Å². The van der Waals surface area contributed by atoms with Crippen LogP contribution in [0.25, 0.3) is 0 Å². The summed E-state index contributed by atoms with van der Waals surface area (Å²) in [5.41, 5.74) is 0.817. The van der Waals surface area contributed by atoms with Crippen molar-refractivity contribution in [2.45, 2.75) is 38.1 Å². The minimum atomic E-state index is -0.236. The molecule has 1 aromatic carbocycles. The number of fused-ring (bicyclic) bond motifs is 1. The van der Waals surface area contributed by atoms with E-state index >= 15 is 0 Å². The minimum absolute atomic E-state index is 0.00433. The molecular weight excluding hydrogens is 342 g/mol. The fourth-order valence-corrected chi connectivity index (χ4v) is 2.54. The van der Waals surface area contributed by atoms with Crippen LogP contribution in [-0.2, 0) is 4.79 Å². The topological polar surface area (TPSA) is 38.3 Å². The van der Waals surface area contributed by atoms with E-state index in [1.807, 2.05) is 32.9 Å². The highest BCUT2D eigenvalue weighted by atomic mass is 79.9. The van der Waals surface area contributed by atoms with Crippen molar-refractivity contribution < 1.29 is 9.53 Å². The van der Waals surface area contributed by atoms with Gasteiger partial charge in [0.05, 0.1) is 22.5 Å². The van der Waals surface area contributed by atoms with E-state index < -0.39 is 0 Å². The molecule has 0 saturated heterocycles. The molecule has 1 amide bonds. The third-order valence-corrected chi connectivity index (χ3v) is 5.42. The molecule has 2 rings (SSSR count). The summed E-state index contributed by atoms with van der Waals surface area (Å²) in [5, 5.41) is 3.67. The van der Waals surface area contributed by atoms with Crippen LogP contribution in [0.1, 0.15) is 38.8 Å². The number of ether oxygens (including phenoxy) is 1. The normalized spacial score (nSPS) is 19.8. The van der Waals surface area contributed by atoms with Crippen LogP contribution in [0.4, 0.5) is 0 Å². The molecule has 1 N–H and O–H groups in total. The Morgan fingerprint density at radius 2 is 2.20 bits per heavy atom. The van der Waals surface area contributed by atoms with Crippen molar-refractivity contribution in [3.63, 3.8) is 0 Å². The first-order valence-corrected chi connectivity index (χ1v) is 7.95. The van der Waals surface area contributed by atoms with Gasteiger partial charge in [-0.2, -0.15) is 0 Å². The maximum atomic E-state index is 12.3. The first-order chi connectivity index (χ1) is 9.30. The number of hydrogen-bond donors (Lipinski definition) is 1. The highest BCUT2D eigenvalue weighted by Crippen LogP contribution is 2.38. The van der Waals surface area contributed by atoms with E-state index in [0.717, 1.165) is 12.0 Å². The fourth-order valence-electron chi connectivity index (χ4n) is 2.17. The van der Waals surface area contributed by atoms with Gasteiger partial charge in [0.15, 0.2) is 0 Å². The Morgan fingerprint density at radius 3 is 2.85 bits per heavy atom. The Morgan fingerprint density at radius 1 is 1.50 bits per heavy atom. The second-order valence-electron chi connectivity index (χ2n) is 6.09. The van der Waals surface area contributed by atoms with Crippen molar-refractivity contribution in [3.8, 4) is 5.75 Å². The minimum Gasteiger partial charge on any atom is -0.492 e. The predicted molar refractivity (Wildman–Crippen MR) is 84.6 cm³/mol. The monoisotopic (exact) mass is 359 g/mol. The largest absolute Gasteiger partial charge is 0.492 e. The fraction of sp³-hybridized carbons (Fsp3) is 0.533. The second kappa shape index (κ2) is 5.94. The van der Waals surface area contributed by atoms with Gasteiger partial charge in [-0.3, -0.25) is 4.79 Å². The molecule has 2 atom stereocenters. The van der Waals surface area contributed by atoms with Crippen LogP contribution in [0.15, 0.2) is 18.2 Å². The van der Waals surface area contributed by atoms with Gasteiger partial charge >= 0.3 is 0 Å². The molecule has 3 nitrogen and oxygen atoms in total. The van der Waals surface area contributed by atoms with Crippen molar-refractivity contribution >= 4 is 33.4 Å². The standard InChI is InChI=1S/C15H19BrClNO2/c1-15(2,3)13(16)14(19)18-11-7-8-20-12-9(11)5-4-6-10(12)17/h4-6,11,13H,7-8H2,1-3H3,(H,18,19)/t11-,13+/m0/s1. The molecule has 0 bridgehead atoms. The lowest BCUT2D eigenvalue weighted by molar-refractivity contribution is -0.122. The Hall–Kier alpha value is -0.740. The Labute approximate surface area is 133 Å². The Kier molecular flexibility index (Phi) is 4.65. The number of rotatable bonds is 2. The zero-order valence-electron chi connectivity index (χ0n) is 11.9. The van der Waals surface area contributed by atoms with Crippen LogP contribution in [0, 0.1) is 5.41 Å². The summed E-state index contributed by atoms with van der Waals surface area (Å²) in [5.74, 6) is 0.683. The van der Waals surface area contributed by atoms with Gasteiger partial charge in [0.2, 0.25) is 5.91 Å². The Balaban J connectivity index is 2.17. The van der Waals surface area contributed by atoms with Crippen molar-refractivity contribution in [2.24, 2.45) is 5.41 Å². The molecule has 1 aromatic rings. The van der Waals surface area contributed by atoms with Crippen LogP contribution >= 0.6 is 27.5 Å². The van der Waals surface area contributed by atoms with Crippen molar-refractivity contribution in [3.05, 3.63) is 28.8 Å². The van der Waals surface area contributed by atoms with E-state index in [0.29, 0.717) is 17.4 Å². The maximum absolute atomic E-state index is 12.3. The number of benzene rings is 1. The molecule has 0 aliphatic carbocycles. The van der Waals surface area contributed by atoms with Gasteiger partial charge in [0.1, 0.15) is 5.75 Å². The zero-order chi connectivity index (χ0) is 14.9. The Bertz CT molecular complexity index is 513. The van der Waals surface area contributed by atoms with E-state index in [4.69, 9.17) is 16.3 Å². The van der Waals surface area contributed by atoms with Crippen molar-refractivity contribution in [2.75, 3.05) is 6.61 Å². The number of hydrogen-bond acceptors (Lipinski definition) is 2. The summed E-state index contributed by atoms with van der Waals surface area (Å²) in [7, 11) is 0. The van der Waals surface area contributed by atoms with E-state index in [-0.39, 0.29) is 22.2 Å². The average molecular weight is 361 g/mol. The molecule has 1 aliphatic rings. The zero-order valence-corrected chi connectivity index (χ0v) is 14.2. The van der Waals surface area contributed by atoms with Crippen LogP contribution in [0.3, 0.4) is 0 Å². The van der Waals surface area contributed by atoms with Gasteiger partial charge in [0.25, 0.3) is 0 Å². The molecule has 0 unspecified atom stereocenters. The SMILES string of the molecule is CC(C)(C)[C@H](Br)C(=O)N[C@H]1CCOc2c(Cl)cccc21. The van der Waals surface area contributed by atoms with Crippen LogP contribution in [-0.4, -0.2) is 17.3 Å². The lowest BCUT2D eigenvalue weighted by atomic mass is 9.91. The average Bonchev–Trinajstić information content (AvgIpc) is 2.38. The molecule has 0 aromatic heterocycles. The highest BCUT2D eigenvalue weighted by Gasteiger charge is 2.32. The molecule has 0 radical (unpaired) electrons. The van der Waals surface area contributed by atoms with Crippen LogP contribution in [0.2, 0.25) is 5.02 Å². The van der Waals surface area contributed by atoms with Crippen LogP contribution < -0.4 is 10.1 Å². The summed E-state index contributed by atoms with van der Waals surface area (Å²) >= 11 is 9.61. The molecule has 0 spiro atoms. The molecule has 0 saturated carbocycles. The van der Waals surface area contributed by atoms with E-state index in [1.54, 1.807) is 6.07 Å². The number of halogens is 2. The molecule has 20 heavy (non-hydrogen) atoms. The van der Waals surface area contributed by atoms with Crippen molar-refractivity contribution in [1.29, 1.82) is 0 Å². The predicted octanol–water partition coefficient (Wildman–Crippen LogP) is 4.09. The molecule has 5 heteroatoms. The first kappa shape index (κ1) is 15.6. The number of carbonyl (C=O) groups is 1. The molecular formula is C15H19BrClNO2. The van der Waals surface area contributed by atoms with E-state index in [1.165, 1.54) is 0 Å². The third kappa shape index (κ3) is 3.29. The summed E-state index contributed by atoms with van der Waals surface area (Å²) in [6, 6.07) is 5.58. The summed E-state index contributed by atoms with van der Waals surface area (Å²) in [6.45, 7) is 6.65. The summed E-state index contributed by atoms with van der Waals surface area (Å²) < 4.78 is 5.60. The number of carbonyl (C=O) groups excluding carboxylic acids is 1. The molecule has 1 aliphatic heterocycles. The van der Waals surface area contributed by atoms with Gasteiger partial charge in [-0.15, -0.1) is 0 Å². The maximum Gasteiger partial charge on any atom is 0.234 e. The second-order valence-corrected chi connectivity index (χ2v) is 7.41. The number of para-hydroxylation sites is 1. The number of amides is 1. The molecule has 1 heterocycles. The van der Waals surface area contributed by atoms with Gasteiger partial charge < -0.3 is 10.1 Å². The number of nitrogens with one attached hydrogen (secondary N) is 1. The first-order valence-electron chi connectivity index (χ1n) is 6.66. The third-order valence-electron chi connectivity index (χ3n) is 3.33. The van der Waals surface area contributed by atoms with Crippen LogP contribution in [0.5, 0.6) is 5.75 Å².